The van der Waals surface area contributed by atoms with Crippen molar-refractivity contribution in [2.75, 3.05) is 32.0 Å². The molecule has 1 aromatic rings. The summed E-state index contributed by atoms with van der Waals surface area (Å²) in [5, 5.41) is 5.97. The standard InChI is InChI=1S/C13H18FN3O/c1-9-7-10(3-4-11(9)14)16-13(18)12-8-17(2)6-5-15-12/h3-4,7,12,15H,5-6,8H2,1-2H3,(H,16,18). The molecule has 1 saturated heterocycles. The highest BCUT2D eigenvalue weighted by molar-refractivity contribution is 5.95. The smallest absolute Gasteiger partial charge is 0.242 e. The van der Waals surface area contributed by atoms with Gasteiger partial charge in [0.2, 0.25) is 5.91 Å². The van der Waals surface area contributed by atoms with E-state index in [1.807, 2.05) is 7.05 Å². The van der Waals surface area contributed by atoms with Crippen molar-refractivity contribution in [3.63, 3.8) is 0 Å². The summed E-state index contributed by atoms with van der Waals surface area (Å²) >= 11 is 0. The van der Waals surface area contributed by atoms with Gasteiger partial charge in [0.05, 0.1) is 6.04 Å². The zero-order valence-corrected chi connectivity index (χ0v) is 10.7. The Kier molecular flexibility index (Phi) is 3.93. The minimum atomic E-state index is -0.261. The first-order valence-corrected chi connectivity index (χ1v) is 6.05. The van der Waals surface area contributed by atoms with Gasteiger partial charge >= 0.3 is 0 Å². The highest BCUT2D eigenvalue weighted by atomic mass is 19.1. The number of nitrogens with zero attached hydrogens (tertiary/aromatic N) is 1. The van der Waals surface area contributed by atoms with Gasteiger partial charge in [0.15, 0.2) is 0 Å². The SMILES string of the molecule is Cc1cc(NC(=O)C2CN(C)CCN2)ccc1F. The van der Waals surface area contributed by atoms with Crippen molar-refractivity contribution >= 4 is 11.6 Å². The van der Waals surface area contributed by atoms with E-state index in [1.165, 1.54) is 6.07 Å². The summed E-state index contributed by atoms with van der Waals surface area (Å²) in [5.74, 6) is -0.337. The third-order valence-corrected chi connectivity index (χ3v) is 3.12. The van der Waals surface area contributed by atoms with Gasteiger partial charge in [0.25, 0.3) is 0 Å². The summed E-state index contributed by atoms with van der Waals surface area (Å²) in [4.78, 5) is 14.1. The topological polar surface area (TPSA) is 44.4 Å². The number of hydrogen-bond acceptors (Lipinski definition) is 3. The minimum absolute atomic E-state index is 0.0763. The minimum Gasteiger partial charge on any atom is -0.325 e. The van der Waals surface area contributed by atoms with E-state index in [1.54, 1.807) is 19.1 Å². The van der Waals surface area contributed by atoms with Crippen LogP contribution in [-0.2, 0) is 4.79 Å². The predicted octanol–water partition coefficient (Wildman–Crippen LogP) is 0.976. The second-order valence-electron chi connectivity index (χ2n) is 4.72. The maximum absolute atomic E-state index is 13.1. The number of rotatable bonds is 2. The number of aryl methyl sites for hydroxylation is 1. The first-order chi connectivity index (χ1) is 8.56. The molecule has 0 radical (unpaired) electrons. The number of piperazine rings is 1. The van der Waals surface area contributed by atoms with E-state index in [4.69, 9.17) is 0 Å². The zero-order chi connectivity index (χ0) is 13.1. The van der Waals surface area contributed by atoms with E-state index in [2.05, 4.69) is 15.5 Å². The number of hydrogen-bond donors (Lipinski definition) is 2. The number of nitrogens with one attached hydrogen (secondary N) is 2. The van der Waals surface area contributed by atoms with Gasteiger partial charge in [0.1, 0.15) is 5.82 Å². The molecule has 1 fully saturated rings. The van der Waals surface area contributed by atoms with Gasteiger partial charge in [-0.1, -0.05) is 0 Å². The molecule has 0 bridgehead atoms. The molecule has 1 unspecified atom stereocenters. The van der Waals surface area contributed by atoms with Crippen molar-refractivity contribution in [2.24, 2.45) is 0 Å². The Morgan fingerprint density at radius 2 is 2.33 bits per heavy atom. The summed E-state index contributed by atoms with van der Waals surface area (Å²) in [6.07, 6.45) is 0. The fraction of sp³-hybridized carbons (Fsp3) is 0.462. The molecule has 1 heterocycles. The molecule has 1 aromatic carbocycles. The van der Waals surface area contributed by atoms with Gasteiger partial charge in [-0.2, -0.15) is 0 Å². The Labute approximate surface area is 106 Å². The Hall–Kier alpha value is -1.46. The van der Waals surface area contributed by atoms with Crippen LogP contribution in [0.1, 0.15) is 5.56 Å². The summed E-state index contributed by atoms with van der Waals surface area (Å²) in [6.45, 7) is 4.11. The van der Waals surface area contributed by atoms with Crippen LogP contribution < -0.4 is 10.6 Å². The molecule has 0 aromatic heterocycles. The van der Waals surface area contributed by atoms with Crippen LogP contribution in [0.2, 0.25) is 0 Å². The van der Waals surface area contributed by atoms with Gasteiger partial charge in [-0.15, -0.1) is 0 Å². The molecule has 1 aliphatic rings. The van der Waals surface area contributed by atoms with E-state index >= 15 is 0 Å². The molecule has 1 atom stereocenters. The van der Waals surface area contributed by atoms with Crippen LogP contribution in [0, 0.1) is 12.7 Å². The first kappa shape index (κ1) is 13.0. The molecular weight excluding hydrogens is 233 g/mol. The Morgan fingerprint density at radius 3 is 3.00 bits per heavy atom. The average Bonchev–Trinajstić information content (AvgIpc) is 2.34. The number of anilines is 1. The molecule has 18 heavy (non-hydrogen) atoms. The lowest BCUT2D eigenvalue weighted by atomic mass is 10.1. The molecule has 2 N–H and O–H groups in total. The average molecular weight is 251 g/mol. The molecule has 4 nitrogen and oxygen atoms in total. The molecule has 5 heteroatoms. The molecule has 98 valence electrons. The van der Waals surface area contributed by atoms with E-state index in [0.717, 1.165) is 13.1 Å². The number of carbonyl (C=O) groups excluding carboxylic acids is 1. The van der Waals surface area contributed by atoms with Crippen LogP contribution in [0.4, 0.5) is 10.1 Å². The van der Waals surface area contributed by atoms with Crippen LogP contribution in [-0.4, -0.2) is 43.5 Å². The molecule has 0 saturated carbocycles. The summed E-state index contributed by atoms with van der Waals surface area (Å²) < 4.78 is 13.1. The number of halogens is 1. The summed E-state index contributed by atoms with van der Waals surface area (Å²) in [7, 11) is 1.99. The second kappa shape index (κ2) is 5.46. The first-order valence-electron chi connectivity index (χ1n) is 6.05. The van der Waals surface area contributed by atoms with Crippen molar-refractivity contribution in [3.05, 3.63) is 29.6 Å². The van der Waals surface area contributed by atoms with Crippen LogP contribution in [0.3, 0.4) is 0 Å². The van der Waals surface area contributed by atoms with Gasteiger partial charge in [0, 0.05) is 25.3 Å². The van der Waals surface area contributed by atoms with Crippen LogP contribution in [0.25, 0.3) is 0 Å². The maximum Gasteiger partial charge on any atom is 0.242 e. The lowest BCUT2D eigenvalue weighted by Crippen LogP contribution is -2.54. The van der Waals surface area contributed by atoms with E-state index in [9.17, 15) is 9.18 Å². The maximum atomic E-state index is 13.1. The lowest BCUT2D eigenvalue weighted by Gasteiger charge is -2.29. The largest absolute Gasteiger partial charge is 0.325 e. The quantitative estimate of drug-likeness (QED) is 0.823. The monoisotopic (exact) mass is 251 g/mol. The highest BCUT2D eigenvalue weighted by Crippen LogP contribution is 2.14. The summed E-state index contributed by atoms with van der Waals surface area (Å²) in [5.41, 5.74) is 1.16. The van der Waals surface area contributed by atoms with Crippen molar-refractivity contribution in [1.29, 1.82) is 0 Å². The third-order valence-electron chi connectivity index (χ3n) is 3.12. The van der Waals surface area contributed by atoms with Crippen LogP contribution in [0.15, 0.2) is 18.2 Å². The number of benzene rings is 1. The normalized spacial score (nSPS) is 20.7. The Morgan fingerprint density at radius 1 is 1.56 bits per heavy atom. The fourth-order valence-electron chi connectivity index (χ4n) is 2.02. The molecule has 1 amide bonds. The lowest BCUT2D eigenvalue weighted by molar-refractivity contribution is -0.119. The summed E-state index contributed by atoms with van der Waals surface area (Å²) in [6, 6.07) is 4.37. The van der Waals surface area contributed by atoms with Crippen molar-refractivity contribution in [3.8, 4) is 0 Å². The van der Waals surface area contributed by atoms with Crippen molar-refractivity contribution in [2.45, 2.75) is 13.0 Å². The number of carbonyl (C=O) groups is 1. The third kappa shape index (κ3) is 3.05. The Bertz CT molecular complexity index is 450. The highest BCUT2D eigenvalue weighted by Gasteiger charge is 2.23. The van der Waals surface area contributed by atoms with Crippen molar-refractivity contribution in [1.82, 2.24) is 10.2 Å². The van der Waals surface area contributed by atoms with Crippen molar-refractivity contribution < 1.29 is 9.18 Å². The molecule has 0 spiro atoms. The molecular formula is C13H18FN3O. The van der Waals surface area contributed by atoms with Gasteiger partial charge in [-0.05, 0) is 37.7 Å². The second-order valence-corrected chi connectivity index (χ2v) is 4.72. The van der Waals surface area contributed by atoms with Gasteiger partial charge < -0.3 is 15.5 Å². The van der Waals surface area contributed by atoms with Gasteiger partial charge in [-0.25, -0.2) is 4.39 Å². The molecule has 1 aliphatic heterocycles. The molecule has 0 aliphatic carbocycles. The fourth-order valence-corrected chi connectivity index (χ4v) is 2.02. The van der Waals surface area contributed by atoms with Crippen LogP contribution in [0.5, 0.6) is 0 Å². The van der Waals surface area contributed by atoms with E-state index < -0.39 is 0 Å². The van der Waals surface area contributed by atoms with Crippen LogP contribution >= 0.6 is 0 Å². The zero-order valence-electron chi connectivity index (χ0n) is 10.7. The van der Waals surface area contributed by atoms with E-state index in [-0.39, 0.29) is 17.8 Å². The van der Waals surface area contributed by atoms with Gasteiger partial charge in [-0.3, -0.25) is 4.79 Å². The number of likely N-dealkylation sites (N-methyl/N-ethyl adjacent to an activating group) is 1. The number of amides is 1. The molecule has 2 rings (SSSR count). The Balaban J connectivity index is 2.00. The van der Waals surface area contributed by atoms with E-state index in [0.29, 0.717) is 17.8 Å². The predicted molar refractivity (Wildman–Crippen MR) is 69.1 cm³/mol.